The predicted molar refractivity (Wildman–Crippen MR) is 74.1 cm³/mol. The zero-order valence-corrected chi connectivity index (χ0v) is 12.6. The molecule has 4 nitrogen and oxygen atoms in total. The van der Waals surface area contributed by atoms with Crippen LogP contribution in [0.5, 0.6) is 0 Å². The van der Waals surface area contributed by atoms with Gasteiger partial charge in [-0.15, -0.1) is 22.9 Å². The van der Waals surface area contributed by atoms with E-state index in [1.165, 1.54) is 11.3 Å². The van der Waals surface area contributed by atoms with Crippen LogP contribution in [0.25, 0.3) is 0 Å². The molecule has 0 aliphatic rings. The van der Waals surface area contributed by atoms with E-state index in [1.54, 1.807) is 11.9 Å². The van der Waals surface area contributed by atoms with Crippen molar-refractivity contribution in [2.75, 3.05) is 20.2 Å². The van der Waals surface area contributed by atoms with E-state index in [0.717, 1.165) is 10.7 Å². The van der Waals surface area contributed by atoms with Gasteiger partial charge in [0, 0.05) is 19.0 Å². The lowest BCUT2D eigenvalue weighted by molar-refractivity contribution is -0.130. The Balaban J connectivity index is 2.35. The Hall–Kier alpha value is -0.650. The Labute approximate surface area is 117 Å². The summed E-state index contributed by atoms with van der Waals surface area (Å²) in [6.07, 6.45) is 0.526. The van der Waals surface area contributed by atoms with Gasteiger partial charge in [-0.05, 0) is 13.8 Å². The van der Waals surface area contributed by atoms with Gasteiger partial charge in [0.15, 0.2) is 0 Å². The van der Waals surface area contributed by atoms with Gasteiger partial charge in [0.2, 0.25) is 5.91 Å². The molecule has 1 rings (SSSR count). The Kier molecular flexibility index (Phi) is 6.60. The SMILES string of the molecule is CC(C)OCCN(C)C(=O)Cc1nc(CCl)cs1. The number of hydrogen-bond acceptors (Lipinski definition) is 4. The average molecular weight is 291 g/mol. The van der Waals surface area contributed by atoms with Gasteiger partial charge >= 0.3 is 0 Å². The summed E-state index contributed by atoms with van der Waals surface area (Å²) in [5.41, 5.74) is 0.829. The molecule has 0 aliphatic carbocycles. The van der Waals surface area contributed by atoms with E-state index < -0.39 is 0 Å². The van der Waals surface area contributed by atoms with E-state index in [1.807, 2.05) is 19.2 Å². The summed E-state index contributed by atoms with van der Waals surface area (Å²) in [6, 6.07) is 0. The van der Waals surface area contributed by atoms with Crippen LogP contribution < -0.4 is 0 Å². The topological polar surface area (TPSA) is 42.4 Å². The number of thiazole rings is 1. The molecule has 0 saturated carbocycles. The Morgan fingerprint density at radius 1 is 1.61 bits per heavy atom. The van der Waals surface area contributed by atoms with Crippen molar-refractivity contribution in [1.29, 1.82) is 0 Å². The number of ether oxygens (including phenoxy) is 1. The fourth-order valence-corrected chi connectivity index (χ4v) is 2.32. The molecule has 102 valence electrons. The number of carbonyl (C=O) groups excluding carboxylic acids is 1. The van der Waals surface area contributed by atoms with Crippen molar-refractivity contribution >= 4 is 28.8 Å². The second kappa shape index (κ2) is 7.71. The predicted octanol–water partition coefficient (Wildman–Crippen LogP) is 2.31. The molecular formula is C12H19ClN2O2S. The van der Waals surface area contributed by atoms with E-state index in [9.17, 15) is 4.79 Å². The molecule has 0 N–H and O–H groups in total. The van der Waals surface area contributed by atoms with Gasteiger partial charge in [-0.25, -0.2) is 4.98 Å². The largest absolute Gasteiger partial charge is 0.377 e. The van der Waals surface area contributed by atoms with Gasteiger partial charge in [-0.3, -0.25) is 4.79 Å². The molecule has 1 aromatic heterocycles. The first-order valence-corrected chi connectivity index (χ1v) is 7.29. The fraction of sp³-hybridized carbons (Fsp3) is 0.667. The van der Waals surface area contributed by atoms with Gasteiger partial charge in [-0.2, -0.15) is 0 Å². The molecule has 1 aromatic rings. The molecule has 0 radical (unpaired) electrons. The van der Waals surface area contributed by atoms with Crippen molar-refractivity contribution < 1.29 is 9.53 Å². The highest BCUT2D eigenvalue weighted by molar-refractivity contribution is 7.09. The van der Waals surface area contributed by atoms with Crippen molar-refractivity contribution in [3.8, 4) is 0 Å². The highest BCUT2D eigenvalue weighted by atomic mass is 35.5. The summed E-state index contributed by atoms with van der Waals surface area (Å²) < 4.78 is 5.41. The number of amides is 1. The molecule has 0 atom stereocenters. The molecular weight excluding hydrogens is 272 g/mol. The standard InChI is InChI=1S/C12H19ClN2O2S/c1-9(2)17-5-4-15(3)12(16)6-11-14-10(7-13)8-18-11/h8-9H,4-7H2,1-3H3. The van der Waals surface area contributed by atoms with Crippen LogP contribution in [0.2, 0.25) is 0 Å². The first kappa shape index (κ1) is 15.4. The van der Waals surface area contributed by atoms with Crippen LogP contribution in [0.4, 0.5) is 0 Å². The monoisotopic (exact) mass is 290 g/mol. The summed E-state index contributed by atoms with van der Waals surface area (Å²) in [7, 11) is 1.78. The maximum atomic E-state index is 11.9. The Morgan fingerprint density at radius 2 is 2.33 bits per heavy atom. The van der Waals surface area contributed by atoms with Gasteiger partial charge in [0.05, 0.1) is 30.7 Å². The molecule has 1 heterocycles. The molecule has 18 heavy (non-hydrogen) atoms. The number of rotatable bonds is 7. The minimum Gasteiger partial charge on any atom is -0.377 e. The van der Waals surface area contributed by atoms with Crippen LogP contribution in [0.3, 0.4) is 0 Å². The summed E-state index contributed by atoms with van der Waals surface area (Å²) in [5, 5.41) is 2.70. The third kappa shape index (κ3) is 5.33. The van der Waals surface area contributed by atoms with Gasteiger partial charge < -0.3 is 9.64 Å². The summed E-state index contributed by atoms with van der Waals surface area (Å²) >= 11 is 7.14. The zero-order valence-electron chi connectivity index (χ0n) is 11.0. The van der Waals surface area contributed by atoms with Crippen molar-refractivity contribution in [1.82, 2.24) is 9.88 Å². The lowest BCUT2D eigenvalue weighted by Crippen LogP contribution is -2.31. The van der Waals surface area contributed by atoms with Gasteiger partial charge in [0.25, 0.3) is 0 Å². The van der Waals surface area contributed by atoms with Crippen LogP contribution in [-0.4, -0.2) is 42.1 Å². The van der Waals surface area contributed by atoms with Crippen molar-refractivity contribution in [3.63, 3.8) is 0 Å². The number of hydrogen-bond donors (Lipinski definition) is 0. The first-order chi connectivity index (χ1) is 8.52. The van der Waals surface area contributed by atoms with Crippen LogP contribution in [0, 0.1) is 0 Å². The normalized spacial score (nSPS) is 10.9. The molecule has 0 spiro atoms. The minimum absolute atomic E-state index is 0.0535. The second-order valence-corrected chi connectivity index (χ2v) is 5.49. The highest BCUT2D eigenvalue weighted by Gasteiger charge is 2.12. The van der Waals surface area contributed by atoms with E-state index in [0.29, 0.717) is 25.5 Å². The molecule has 0 unspecified atom stereocenters. The summed E-state index contributed by atoms with van der Waals surface area (Å²) in [4.78, 5) is 17.8. The Morgan fingerprint density at radius 3 is 2.89 bits per heavy atom. The smallest absolute Gasteiger partial charge is 0.229 e. The van der Waals surface area contributed by atoms with Crippen molar-refractivity contribution in [2.24, 2.45) is 0 Å². The lowest BCUT2D eigenvalue weighted by atomic mass is 10.4. The van der Waals surface area contributed by atoms with Crippen LogP contribution in [0.1, 0.15) is 24.5 Å². The quantitative estimate of drug-likeness (QED) is 0.724. The first-order valence-electron chi connectivity index (χ1n) is 5.87. The number of halogens is 1. The van der Waals surface area contributed by atoms with Crippen molar-refractivity contribution in [2.45, 2.75) is 32.3 Å². The minimum atomic E-state index is 0.0535. The van der Waals surface area contributed by atoms with E-state index in [2.05, 4.69) is 4.98 Å². The lowest BCUT2D eigenvalue weighted by Gasteiger charge is -2.17. The van der Waals surface area contributed by atoms with Crippen molar-refractivity contribution in [3.05, 3.63) is 16.1 Å². The van der Waals surface area contributed by atoms with E-state index >= 15 is 0 Å². The molecule has 6 heteroatoms. The molecule has 0 saturated heterocycles. The van der Waals surface area contributed by atoms with Crippen LogP contribution in [0.15, 0.2) is 5.38 Å². The maximum absolute atomic E-state index is 11.9. The third-order valence-electron chi connectivity index (χ3n) is 2.34. The number of carbonyl (C=O) groups is 1. The number of nitrogens with zero attached hydrogens (tertiary/aromatic N) is 2. The molecule has 1 amide bonds. The van der Waals surface area contributed by atoms with Gasteiger partial charge in [0.1, 0.15) is 5.01 Å². The highest BCUT2D eigenvalue weighted by Crippen LogP contribution is 2.12. The Bertz CT molecular complexity index is 382. The third-order valence-corrected chi connectivity index (χ3v) is 3.51. The summed E-state index contributed by atoms with van der Waals surface area (Å²) in [5.74, 6) is 0.445. The second-order valence-electron chi connectivity index (χ2n) is 4.28. The fourth-order valence-electron chi connectivity index (χ4n) is 1.31. The van der Waals surface area contributed by atoms with Crippen LogP contribution >= 0.6 is 22.9 Å². The molecule has 0 fully saturated rings. The molecule has 0 bridgehead atoms. The number of aromatic nitrogens is 1. The number of likely N-dealkylation sites (N-methyl/N-ethyl adjacent to an activating group) is 1. The molecule has 0 aromatic carbocycles. The summed E-state index contributed by atoms with van der Waals surface area (Å²) in [6.45, 7) is 5.12. The van der Waals surface area contributed by atoms with E-state index in [4.69, 9.17) is 16.3 Å². The van der Waals surface area contributed by atoms with E-state index in [-0.39, 0.29) is 12.0 Å². The maximum Gasteiger partial charge on any atom is 0.229 e. The van der Waals surface area contributed by atoms with Crippen LogP contribution in [-0.2, 0) is 21.8 Å². The zero-order chi connectivity index (χ0) is 13.5. The number of alkyl halides is 1. The van der Waals surface area contributed by atoms with Gasteiger partial charge in [-0.1, -0.05) is 0 Å². The molecule has 0 aliphatic heterocycles. The average Bonchev–Trinajstić information content (AvgIpc) is 2.76.